The summed E-state index contributed by atoms with van der Waals surface area (Å²) < 4.78 is 24.7. The molecule has 0 unspecified atom stereocenters. The Labute approximate surface area is 79.4 Å². The van der Waals surface area contributed by atoms with Crippen LogP contribution in [0.2, 0.25) is 0 Å². The molecule has 3 N–H and O–H groups in total. The Morgan fingerprint density at radius 1 is 1.42 bits per heavy atom. The zero-order valence-corrected chi connectivity index (χ0v) is 8.46. The van der Waals surface area contributed by atoms with Gasteiger partial charge in [0.25, 0.3) is 0 Å². The molecule has 0 aromatic rings. The predicted molar refractivity (Wildman–Crippen MR) is 50.9 cm³/mol. The second-order valence-corrected chi connectivity index (χ2v) is 4.83. The van der Waals surface area contributed by atoms with Crippen molar-refractivity contribution in [3.63, 3.8) is 0 Å². The molecule has 6 heteroatoms. The minimum Gasteiger partial charge on any atom is -0.330 e. The summed E-state index contributed by atoms with van der Waals surface area (Å²) >= 11 is 0. The lowest BCUT2D eigenvalue weighted by Crippen LogP contribution is -2.29. The van der Waals surface area contributed by atoms with E-state index >= 15 is 0 Å². The smallest absolute Gasteiger partial charge is 0.214 e. The first-order valence-electron chi connectivity index (χ1n) is 3.85. The van der Waals surface area contributed by atoms with Gasteiger partial charge in [0.2, 0.25) is 10.0 Å². The maximum Gasteiger partial charge on any atom is 0.214 e. The van der Waals surface area contributed by atoms with E-state index in [0.717, 1.165) is 12.8 Å². The fourth-order valence-corrected chi connectivity index (χ4v) is 2.23. The second-order valence-electron chi connectivity index (χ2n) is 2.78. The van der Waals surface area contributed by atoms with Crippen molar-refractivity contribution in [2.24, 2.45) is 5.73 Å². The zero-order valence-electron chi connectivity index (χ0n) is 6.82. The third-order valence-electron chi connectivity index (χ3n) is 1.65. The molecule has 4 nitrogen and oxygen atoms in total. The number of sulfonamides is 1. The quantitative estimate of drug-likeness (QED) is 0.625. The van der Waals surface area contributed by atoms with Gasteiger partial charge in [-0.2, -0.15) is 0 Å². The van der Waals surface area contributed by atoms with E-state index in [4.69, 9.17) is 5.73 Å². The molecule has 0 radical (unpaired) electrons. The van der Waals surface area contributed by atoms with Gasteiger partial charge < -0.3 is 5.73 Å². The standard InChI is InChI=1S/C6H14N2O2S.ClH/c7-4-1-5-8-11(9,10)6-2-3-6;/h6,8H,1-5,7H2;1H. The Kier molecular flexibility index (Phi) is 5.08. The molecule has 0 bridgehead atoms. The van der Waals surface area contributed by atoms with Gasteiger partial charge in [-0.25, -0.2) is 13.1 Å². The first-order valence-corrected chi connectivity index (χ1v) is 5.40. The molecule has 1 rings (SSSR count). The summed E-state index contributed by atoms with van der Waals surface area (Å²) in [5.74, 6) is 0. The Bertz CT molecular complexity index is 214. The van der Waals surface area contributed by atoms with Crippen LogP contribution in [0.3, 0.4) is 0 Å². The van der Waals surface area contributed by atoms with Crippen molar-refractivity contribution >= 4 is 22.4 Å². The summed E-state index contributed by atoms with van der Waals surface area (Å²) in [6.45, 7) is 1.02. The number of nitrogens with one attached hydrogen (secondary N) is 1. The van der Waals surface area contributed by atoms with Crippen LogP contribution in [-0.2, 0) is 10.0 Å². The summed E-state index contributed by atoms with van der Waals surface area (Å²) in [6.07, 6.45) is 2.35. The molecule has 0 aromatic heterocycles. The average Bonchev–Trinajstić information content (AvgIpc) is 2.68. The van der Waals surface area contributed by atoms with Crippen LogP contribution < -0.4 is 10.5 Å². The van der Waals surface area contributed by atoms with Gasteiger partial charge in [0, 0.05) is 6.54 Å². The highest BCUT2D eigenvalue weighted by Gasteiger charge is 2.34. The van der Waals surface area contributed by atoms with Crippen molar-refractivity contribution in [1.29, 1.82) is 0 Å². The van der Waals surface area contributed by atoms with Crippen molar-refractivity contribution in [1.82, 2.24) is 4.72 Å². The Morgan fingerprint density at radius 2 is 2.00 bits per heavy atom. The molecular weight excluding hydrogens is 200 g/mol. The topological polar surface area (TPSA) is 72.2 Å². The minimum atomic E-state index is -2.96. The summed E-state index contributed by atoms with van der Waals surface area (Å²) in [4.78, 5) is 0. The molecule has 1 aliphatic carbocycles. The molecule has 74 valence electrons. The molecule has 0 spiro atoms. The van der Waals surface area contributed by atoms with E-state index in [1.54, 1.807) is 0 Å². The molecule has 0 aliphatic heterocycles. The fraction of sp³-hybridized carbons (Fsp3) is 1.00. The molecule has 0 amide bonds. The SMILES string of the molecule is Cl.NCCCNS(=O)(=O)C1CC1. The van der Waals surface area contributed by atoms with Gasteiger partial charge in [-0.05, 0) is 25.8 Å². The summed E-state index contributed by atoms with van der Waals surface area (Å²) in [5, 5.41) is -0.111. The van der Waals surface area contributed by atoms with Crippen molar-refractivity contribution < 1.29 is 8.42 Å². The summed E-state index contributed by atoms with van der Waals surface area (Å²) in [5.41, 5.74) is 5.21. The first kappa shape index (κ1) is 12.2. The molecule has 0 saturated heterocycles. The van der Waals surface area contributed by atoms with E-state index in [2.05, 4.69) is 4.72 Å². The van der Waals surface area contributed by atoms with Crippen LogP contribution in [0.1, 0.15) is 19.3 Å². The predicted octanol–water partition coefficient (Wildman–Crippen LogP) is -0.161. The number of rotatable bonds is 5. The molecule has 0 aromatic carbocycles. The maximum absolute atomic E-state index is 11.1. The van der Waals surface area contributed by atoms with E-state index < -0.39 is 10.0 Å². The van der Waals surface area contributed by atoms with Gasteiger partial charge >= 0.3 is 0 Å². The number of nitrogens with two attached hydrogens (primary N) is 1. The monoisotopic (exact) mass is 214 g/mol. The van der Waals surface area contributed by atoms with Crippen molar-refractivity contribution in [3.05, 3.63) is 0 Å². The van der Waals surface area contributed by atoms with Crippen molar-refractivity contribution in [2.45, 2.75) is 24.5 Å². The van der Waals surface area contributed by atoms with Crippen LogP contribution in [0.4, 0.5) is 0 Å². The van der Waals surface area contributed by atoms with Gasteiger partial charge in [0.05, 0.1) is 5.25 Å². The largest absolute Gasteiger partial charge is 0.330 e. The molecule has 0 atom stereocenters. The normalized spacial score (nSPS) is 17.1. The summed E-state index contributed by atoms with van der Waals surface area (Å²) in [7, 11) is -2.96. The molecule has 0 heterocycles. The van der Waals surface area contributed by atoms with Crippen LogP contribution in [-0.4, -0.2) is 26.8 Å². The molecular formula is C6H15ClN2O2S. The first-order chi connectivity index (χ1) is 5.17. The Hall–Kier alpha value is 0.160. The third-order valence-corrected chi connectivity index (χ3v) is 3.60. The van der Waals surface area contributed by atoms with E-state index in [9.17, 15) is 8.42 Å². The number of halogens is 1. The minimum absolute atomic E-state index is 0. The highest BCUT2D eigenvalue weighted by Crippen LogP contribution is 2.27. The van der Waals surface area contributed by atoms with Crippen LogP contribution >= 0.6 is 12.4 Å². The van der Waals surface area contributed by atoms with Crippen molar-refractivity contribution in [3.8, 4) is 0 Å². The number of hydrogen-bond acceptors (Lipinski definition) is 3. The van der Waals surface area contributed by atoms with Gasteiger partial charge in [0.1, 0.15) is 0 Å². The van der Waals surface area contributed by atoms with Crippen LogP contribution in [0.25, 0.3) is 0 Å². The summed E-state index contributed by atoms with van der Waals surface area (Å²) in [6, 6.07) is 0. The van der Waals surface area contributed by atoms with Crippen LogP contribution in [0.5, 0.6) is 0 Å². The van der Waals surface area contributed by atoms with E-state index in [-0.39, 0.29) is 17.7 Å². The van der Waals surface area contributed by atoms with E-state index in [1.165, 1.54) is 0 Å². The number of hydrogen-bond donors (Lipinski definition) is 2. The molecule has 1 fully saturated rings. The van der Waals surface area contributed by atoms with Gasteiger partial charge in [0.15, 0.2) is 0 Å². The molecule has 1 aliphatic rings. The lowest BCUT2D eigenvalue weighted by Gasteiger charge is -2.02. The van der Waals surface area contributed by atoms with Gasteiger partial charge in [-0.3, -0.25) is 0 Å². The lowest BCUT2D eigenvalue weighted by atomic mass is 10.4. The Morgan fingerprint density at radius 3 is 2.42 bits per heavy atom. The Balaban J connectivity index is 0.00000121. The van der Waals surface area contributed by atoms with E-state index in [1.807, 2.05) is 0 Å². The van der Waals surface area contributed by atoms with E-state index in [0.29, 0.717) is 19.5 Å². The molecule has 12 heavy (non-hydrogen) atoms. The van der Waals surface area contributed by atoms with Gasteiger partial charge in [-0.1, -0.05) is 0 Å². The lowest BCUT2D eigenvalue weighted by molar-refractivity contribution is 0.578. The zero-order chi connectivity index (χ0) is 8.32. The highest BCUT2D eigenvalue weighted by atomic mass is 35.5. The second kappa shape index (κ2) is 5.01. The fourth-order valence-electron chi connectivity index (χ4n) is 0.813. The van der Waals surface area contributed by atoms with Crippen molar-refractivity contribution in [2.75, 3.05) is 13.1 Å². The van der Waals surface area contributed by atoms with Crippen LogP contribution in [0.15, 0.2) is 0 Å². The average molecular weight is 215 g/mol. The third kappa shape index (κ3) is 3.71. The maximum atomic E-state index is 11.1. The molecule has 1 saturated carbocycles. The highest BCUT2D eigenvalue weighted by molar-refractivity contribution is 7.90. The van der Waals surface area contributed by atoms with Gasteiger partial charge in [-0.15, -0.1) is 12.4 Å². The van der Waals surface area contributed by atoms with Crippen LogP contribution in [0, 0.1) is 0 Å².